The lowest BCUT2D eigenvalue weighted by molar-refractivity contribution is 0.101. The molecule has 0 fully saturated rings. The number of nitriles is 1. The van der Waals surface area contributed by atoms with Crippen LogP contribution in [-0.4, -0.2) is 15.6 Å². The Hall–Kier alpha value is -3.39. The van der Waals surface area contributed by atoms with E-state index >= 15 is 0 Å². The van der Waals surface area contributed by atoms with Crippen LogP contribution in [0.5, 0.6) is 0 Å². The molecule has 3 aromatic rings. The monoisotopic (exact) mass is 316 g/mol. The van der Waals surface area contributed by atoms with E-state index in [1.54, 1.807) is 29.1 Å². The van der Waals surface area contributed by atoms with Gasteiger partial charge in [-0.05, 0) is 42.8 Å². The molecule has 1 aromatic heterocycles. The molecule has 5 heteroatoms. The van der Waals surface area contributed by atoms with E-state index in [0.29, 0.717) is 23.4 Å². The summed E-state index contributed by atoms with van der Waals surface area (Å²) in [6.45, 7) is 2.04. The molecular formula is C19H16N4O. The summed E-state index contributed by atoms with van der Waals surface area (Å²) in [6, 6.07) is 16.9. The summed E-state index contributed by atoms with van der Waals surface area (Å²) in [6.07, 6.45) is 3.62. The third kappa shape index (κ3) is 3.18. The largest absolute Gasteiger partial charge is 0.380 e. The maximum atomic E-state index is 11.8. The number of para-hydroxylation sites is 1. The highest BCUT2D eigenvalue weighted by Gasteiger charge is 2.10. The first-order valence-corrected chi connectivity index (χ1v) is 7.56. The van der Waals surface area contributed by atoms with Gasteiger partial charge in [0.2, 0.25) is 0 Å². The van der Waals surface area contributed by atoms with Gasteiger partial charge in [0, 0.05) is 30.2 Å². The highest BCUT2D eigenvalue weighted by molar-refractivity contribution is 5.99. The van der Waals surface area contributed by atoms with Crippen molar-refractivity contribution in [1.82, 2.24) is 9.78 Å². The van der Waals surface area contributed by atoms with Crippen molar-refractivity contribution < 1.29 is 4.79 Å². The molecule has 0 spiro atoms. The molecule has 0 unspecified atom stereocenters. The number of aromatic nitrogens is 2. The quantitative estimate of drug-likeness (QED) is 0.731. The van der Waals surface area contributed by atoms with Crippen LogP contribution >= 0.6 is 0 Å². The van der Waals surface area contributed by atoms with Crippen LogP contribution in [0.3, 0.4) is 0 Å². The molecule has 0 radical (unpaired) electrons. The molecule has 1 N–H and O–H groups in total. The van der Waals surface area contributed by atoms with Gasteiger partial charge in [0.15, 0.2) is 5.78 Å². The number of hydrogen-bond acceptors (Lipinski definition) is 4. The molecular weight excluding hydrogens is 300 g/mol. The zero-order valence-electron chi connectivity index (χ0n) is 13.2. The van der Waals surface area contributed by atoms with Crippen molar-refractivity contribution in [2.24, 2.45) is 0 Å². The zero-order chi connectivity index (χ0) is 16.9. The van der Waals surface area contributed by atoms with E-state index in [4.69, 9.17) is 5.26 Å². The minimum Gasteiger partial charge on any atom is -0.380 e. The lowest BCUT2D eigenvalue weighted by Gasteiger charge is -2.14. The number of anilines is 1. The van der Waals surface area contributed by atoms with Gasteiger partial charge in [0.1, 0.15) is 0 Å². The van der Waals surface area contributed by atoms with Crippen molar-refractivity contribution in [3.63, 3.8) is 0 Å². The molecule has 118 valence electrons. The first-order chi connectivity index (χ1) is 11.7. The van der Waals surface area contributed by atoms with Gasteiger partial charge in [-0.1, -0.05) is 18.2 Å². The average Bonchev–Trinajstić information content (AvgIpc) is 3.14. The normalized spacial score (nSPS) is 10.2. The molecule has 0 aliphatic rings. The van der Waals surface area contributed by atoms with E-state index in [9.17, 15) is 4.79 Å². The summed E-state index contributed by atoms with van der Waals surface area (Å²) in [4.78, 5) is 11.8. The van der Waals surface area contributed by atoms with E-state index in [1.165, 1.54) is 6.92 Å². The average molecular weight is 316 g/mol. The van der Waals surface area contributed by atoms with Crippen molar-refractivity contribution in [2.45, 2.75) is 13.5 Å². The lowest BCUT2D eigenvalue weighted by Crippen LogP contribution is -2.08. The first-order valence-electron chi connectivity index (χ1n) is 7.56. The van der Waals surface area contributed by atoms with Crippen molar-refractivity contribution in [3.05, 3.63) is 77.6 Å². The Bertz CT molecular complexity index is 907. The van der Waals surface area contributed by atoms with Gasteiger partial charge in [-0.3, -0.25) is 4.79 Å². The Morgan fingerprint density at radius 2 is 2.08 bits per heavy atom. The smallest absolute Gasteiger partial charge is 0.161 e. The van der Waals surface area contributed by atoms with Crippen LogP contribution < -0.4 is 5.32 Å². The molecule has 24 heavy (non-hydrogen) atoms. The predicted molar refractivity (Wildman–Crippen MR) is 92.1 cm³/mol. The summed E-state index contributed by atoms with van der Waals surface area (Å²) in [5, 5.41) is 16.6. The summed E-state index contributed by atoms with van der Waals surface area (Å²) < 4.78 is 1.80. The second-order valence-corrected chi connectivity index (χ2v) is 5.36. The van der Waals surface area contributed by atoms with Crippen molar-refractivity contribution in [1.29, 1.82) is 5.26 Å². The molecule has 0 aliphatic heterocycles. The predicted octanol–water partition coefficient (Wildman–Crippen LogP) is 3.56. The Morgan fingerprint density at radius 3 is 2.79 bits per heavy atom. The lowest BCUT2D eigenvalue weighted by atomic mass is 10.1. The summed E-state index contributed by atoms with van der Waals surface area (Å²) in [7, 11) is 0. The fourth-order valence-electron chi connectivity index (χ4n) is 2.55. The molecule has 2 aromatic carbocycles. The van der Waals surface area contributed by atoms with Crippen molar-refractivity contribution in [3.8, 4) is 11.8 Å². The number of nitrogens with one attached hydrogen (secondary N) is 1. The van der Waals surface area contributed by atoms with Gasteiger partial charge in [-0.2, -0.15) is 10.4 Å². The van der Waals surface area contributed by atoms with Crippen LogP contribution in [0.4, 0.5) is 5.69 Å². The van der Waals surface area contributed by atoms with E-state index in [-0.39, 0.29) is 5.78 Å². The van der Waals surface area contributed by atoms with Crippen molar-refractivity contribution in [2.75, 3.05) is 5.32 Å². The van der Waals surface area contributed by atoms with Gasteiger partial charge < -0.3 is 5.32 Å². The number of Topliss-reactive ketones (excluding diaryl/α,β-unsaturated/α-hetero) is 1. The maximum Gasteiger partial charge on any atom is 0.161 e. The first kappa shape index (κ1) is 15.5. The van der Waals surface area contributed by atoms with Crippen LogP contribution in [0.25, 0.3) is 5.69 Å². The number of benzene rings is 2. The fourth-order valence-corrected chi connectivity index (χ4v) is 2.55. The summed E-state index contributed by atoms with van der Waals surface area (Å²) >= 11 is 0. The van der Waals surface area contributed by atoms with Gasteiger partial charge in [-0.25, -0.2) is 4.68 Å². The molecule has 3 rings (SSSR count). The third-order valence-corrected chi connectivity index (χ3v) is 3.74. The Labute approximate surface area is 140 Å². The molecule has 0 atom stereocenters. The highest BCUT2D eigenvalue weighted by atomic mass is 16.1. The maximum absolute atomic E-state index is 11.8. The number of nitrogens with zero attached hydrogens (tertiary/aromatic N) is 3. The summed E-state index contributed by atoms with van der Waals surface area (Å²) in [5.41, 5.74) is 3.76. The molecule has 0 saturated carbocycles. The van der Waals surface area contributed by atoms with Crippen LogP contribution in [0, 0.1) is 11.3 Å². The van der Waals surface area contributed by atoms with Gasteiger partial charge in [0.05, 0.1) is 17.3 Å². The second kappa shape index (κ2) is 6.80. The SMILES string of the molecule is CC(=O)c1ccc(C#N)cc1NCc1ccccc1-n1cccn1. The number of ketones is 1. The second-order valence-electron chi connectivity index (χ2n) is 5.36. The van der Waals surface area contributed by atoms with Gasteiger partial charge >= 0.3 is 0 Å². The van der Waals surface area contributed by atoms with E-state index < -0.39 is 0 Å². The zero-order valence-corrected chi connectivity index (χ0v) is 13.2. The van der Waals surface area contributed by atoms with Crippen molar-refractivity contribution >= 4 is 11.5 Å². The van der Waals surface area contributed by atoms with Crippen LogP contribution in [0.2, 0.25) is 0 Å². The summed E-state index contributed by atoms with van der Waals surface area (Å²) in [5.74, 6) is -0.0395. The fraction of sp³-hybridized carbons (Fsp3) is 0.105. The van der Waals surface area contributed by atoms with Gasteiger partial charge in [0.25, 0.3) is 0 Å². The van der Waals surface area contributed by atoms with E-state index in [1.807, 2.05) is 36.5 Å². The molecule has 5 nitrogen and oxygen atoms in total. The Balaban J connectivity index is 1.90. The minimum atomic E-state index is -0.0395. The van der Waals surface area contributed by atoms with Crippen LogP contribution in [-0.2, 0) is 6.54 Å². The molecule has 1 heterocycles. The number of rotatable bonds is 5. The topological polar surface area (TPSA) is 70.7 Å². The molecule has 0 aliphatic carbocycles. The van der Waals surface area contributed by atoms with E-state index in [0.717, 1.165) is 11.3 Å². The number of carbonyl (C=O) groups is 1. The van der Waals surface area contributed by atoms with Crippen LogP contribution in [0.1, 0.15) is 28.4 Å². The van der Waals surface area contributed by atoms with E-state index in [2.05, 4.69) is 16.5 Å². The molecule has 0 bridgehead atoms. The van der Waals surface area contributed by atoms with Gasteiger partial charge in [-0.15, -0.1) is 0 Å². The Morgan fingerprint density at radius 1 is 1.25 bits per heavy atom. The number of carbonyl (C=O) groups excluding carboxylic acids is 1. The standard InChI is InChI=1S/C19H16N4O/c1-14(24)17-8-7-15(12-20)11-18(17)21-13-16-5-2-3-6-19(16)23-10-4-9-22-23/h2-11,21H,13H2,1H3. The number of hydrogen-bond donors (Lipinski definition) is 1. The highest BCUT2D eigenvalue weighted by Crippen LogP contribution is 2.21. The molecule has 0 saturated heterocycles. The minimum absolute atomic E-state index is 0.0395. The van der Waals surface area contributed by atoms with Crippen LogP contribution in [0.15, 0.2) is 60.9 Å². The molecule has 0 amide bonds. The third-order valence-electron chi connectivity index (χ3n) is 3.74. The Kier molecular flexibility index (Phi) is 4.39.